The summed E-state index contributed by atoms with van der Waals surface area (Å²) in [6.45, 7) is 2.43. The van der Waals surface area contributed by atoms with Crippen molar-refractivity contribution in [3.63, 3.8) is 0 Å². The van der Waals surface area contributed by atoms with Gasteiger partial charge in [-0.3, -0.25) is 9.69 Å². The van der Waals surface area contributed by atoms with Crippen molar-refractivity contribution in [2.75, 3.05) is 13.1 Å². The zero-order valence-corrected chi connectivity index (χ0v) is 10.9. The lowest BCUT2D eigenvalue weighted by atomic mass is 10.0. The number of ketones is 1. The minimum absolute atomic E-state index is 0.290. The highest BCUT2D eigenvalue weighted by atomic mass is 16.1. The predicted octanol–water partition coefficient (Wildman–Crippen LogP) is 3.01. The molecule has 0 aromatic heterocycles. The number of Topliss-reactive ketones (excluding diaryl/α,β-unsaturated/α-hetero) is 1. The molecule has 0 aliphatic heterocycles. The molecular weight excluding hydrogens is 210 g/mol. The summed E-state index contributed by atoms with van der Waals surface area (Å²) < 4.78 is 0. The third-order valence-corrected chi connectivity index (χ3v) is 4.59. The van der Waals surface area contributed by atoms with Gasteiger partial charge in [0, 0.05) is 19.5 Å². The Kier molecular flexibility index (Phi) is 3.51. The van der Waals surface area contributed by atoms with Gasteiger partial charge in [0.1, 0.15) is 5.78 Å². The van der Waals surface area contributed by atoms with Crippen LogP contribution in [0.25, 0.3) is 0 Å². The molecule has 0 spiro atoms. The van der Waals surface area contributed by atoms with Crippen LogP contribution in [0.1, 0.15) is 57.8 Å². The second kappa shape index (κ2) is 5.09. The normalized spacial score (nSPS) is 30.6. The fourth-order valence-corrected chi connectivity index (χ4v) is 3.12. The largest absolute Gasteiger partial charge is 0.298 e. The van der Waals surface area contributed by atoms with Crippen molar-refractivity contribution >= 4 is 5.78 Å². The van der Waals surface area contributed by atoms with Crippen LogP contribution < -0.4 is 0 Å². The first kappa shape index (κ1) is 11.7. The lowest BCUT2D eigenvalue weighted by Crippen LogP contribution is -2.43. The van der Waals surface area contributed by atoms with Gasteiger partial charge in [0.15, 0.2) is 0 Å². The van der Waals surface area contributed by atoms with Gasteiger partial charge in [-0.1, -0.05) is 12.8 Å². The van der Waals surface area contributed by atoms with Crippen LogP contribution in [0.4, 0.5) is 0 Å². The molecule has 0 heterocycles. The number of nitrogens with zero attached hydrogens (tertiary/aromatic N) is 1. The molecule has 0 aromatic rings. The van der Waals surface area contributed by atoms with Gasteiger partial charge in [-0.25, -0.2) is 0 Å². The second-order valence-corrected chi connectivity index (χ2v) is 6.42. The highest BCUT2D eigenvalue weighted by molar-refractivity contribution is 5.84. The van der Waals surface area contributed by atoms with E-state index in [-0.39, 0.29) is 0 Å². The molecule has 2 heteroatoms. The van der Waals surface area contributed by atoms with Crippen molar-refractivity contribution < 1.29 is 4.79 Å². The van der Waals surface area contributed by atoms with Gasteiger partial charge >= 0.3 is 0 Å². The molecular formula is C15H25NO. The van der Waals surface area contributed by atoms with E-state index in [1.165, 1.54) is 51.6 Å². The van der Waals surface area contributed by atoms with E-state index < -0.39 is 0 Å². The van der Waals surface area contributed by atoms with Crippen molar-refractivity contribution in [3.05, 3.63) is 0 Å². The molecule has 0 N–H and O–H groups in total. The van der Waals surface area contributed by atoms with Gasteiger partial charge in [-0.15, -0.1) is 0 Å². The van der Waals surface area contributed by atoms with Crippen LogP contribution in [0.15, 0.2) is 0 Å². The van der Waals surface area contributed by atoms with E-state index in [4.69, 9.17) is 0 Å². The summed E-state index contributed by atoms with van der Waals surface area (Å²) in [5, 5.41) is 0. The van der Waals surface area contributed by atoms with Crippen molar-refractivity contribution in [3.8, 4) is 0 Å². The first-order valence-electron chi connectivity index (χ1n) is 7.59. The molecule has 0 bridgehead atoms. The number of carbonyl (C=O) groups excluding carboxylic acids is 1. The molecule has 1 atom stereocenters. The molecule has 0 amide bonds. The molecule has 3 aliphatic carbocycles. The standard InChI is InChI=1S/C15H25NO/c17-15-5-3-1-2-4-14(15)16(10-12-6-7-12)11-13-8-9-13/h12-14H,1-11H2. The Labute approximate surface area is 105 Å². The number of hydrogen-bond donors (Lipinski definition) is 0. The molecule has 17 heavy (non-hydrogen) atoms. The average Bonchev–Trinajstić information content (AvgIpc) is 3.13. The lowest BCUT2D eigenvalue weighted by molar-refractivity contribution is -0.124. The summed E-state index contributed by atoms with van der Waals surface area (Å²) in [4.78, 5) is 14.8. The zero-order chi connectivity index (χ0) is 11.7. The van der Waals surface area contributed by atoms with Crippen LogP contribution in [0.5, 0.6) is 0 Å². The predicted molar refractivity (Wildman–Crippen MR) is 68.9 cm³/mol. The van der Waals surface area contributed by atoms with Crippen LogP contribution in [-0.2, 0) is 4.79 Å². The lowest BCUT2D eigenvalue weighted by Gasteiger charge is -2.30. The molecule has 3 saturated carbocycles. The monoisotopic (exact) mass is 235 g/mol. The highest BCUT2D eigenvalue weighted by Crippen LogP contribution is 2.35. The van der Waals surface area contributed by atoms with Crippen LogP contribution in [-0.4, -0.2) is 29.8 Å². The molecule has 3 rings (SSSR count). The average molecular weight is 235 g/mol. The molecule has 3 aliphatic rings. The minimum Gasteiger partial charge on any atom is -0.298 e. The molecule has 0 radical (unpaired) electrons. The molecule has 1 unspecified atom stereocenters. The SMILES string of the molecule is O=C1CCCCCC1N(CC1CC1)CC1CC1. The Balaban J connectivity index is 1.62. The molecule has 0 aromatic carbocycles. The van der Waals surface area contributed by atoms with Crippen molar-refractivity contribution in [1.29, 1.82) is 0 Å². The van der Waals surface area contributed by atoms with E-state index in [2.05, 4.69) is 4.90 Å². The maximum absolute atomic E-state index is 12.2. The van der Waals surface area contributed by atoms with Gasteiger partial charge in [-0.05, 0) is 50.4 Å². The Morgan fingerprint density at radius 2 is 1.53 bits per heavy atom. The Hall–Kier alpha value is -0.370. The number of hydrogen-bond acceptors (Lipinski definition) is 2. The molecule has 96 valence electrons. The second-order valence-electron chi connectivity index (χ2n) is 6.42. The van der Waals surface area contributed by atoms with Gasteiger partial charge in [0.05, 0.1) is 6.04 Å². The van der Waals surface area contributed by atoms with E-state index in [0.717, 1.165) is 31.1 Å². The van der Waals surface area contributed by atoms with Crippen LogP contribution in [0.3, 0.4) is 0 Å². The minimum atomic E-state index is 0.290. The van der Waals surface area contributed by atoms with Crippen LogP contribution in [0, 0.1) is 11.8 Å². The summed E-state index contributed by atoms with van der Waals surface area (Å²) in [6.07, 6.45) is 11.3. The topological polar surface area (TPSA) is 20.3 Å². The summed E-state index contributed by atoms with van der Waals surface area (Å²) >= 11 is 0. The molecule has 2 nitrogen and oxygen atoms in total. The Morgan fingerprint density at radius 3 is 2.12 bits per heavy atom. The van der Waals surface area contributed by atoms with Gasteiger partial charge < -0.3 is 0 Å². The maximum Gasteiger partial charge on any atom is 0.149 e. The zero-order valence-electron chi connectivity index (χ0n) is 10.9. The van der Waals surface area contributed by atoms with Gasteiger partial charge in [-0.2, -0.15) is 0 Å². The third-order valence-electron chi connectivity index (χ3n) is 4.59. The van der Waals surface area contributed by atoms with E-state index in [1.807, 2.05) is 0 Å². The van der Waals surface area contributed by atoms with Crippen molar-refractivity contribution in [2.24, 2.45) is 11.8 Å². The summed E-state index contributed by atoms with van der Waals surface area (Å²) in [5.74, 6) is 2.39. The number of carbonyl (C=O) groups is 1. The quantitative estimate of drug-likeness (QED) is 0.683. The smallest absolute Gasteiger partial charge is 0.149 e. The first-order chi connectivity index (χ1) is 8.33. The number of rotatable bonds is 5. The summed E-state index contributed by atoms with van der Waals surface area (Å²) in [7, 11) is 0. The molecule has 3 fully saturated rings. The Bertz CT molecular complexity index is 267. The van der Waals surface area contributed by atoms with Crippen molar-refractivity contribution in [1.82, 2.24) is 4.90 Å². The van der Waals surface area contributed by atoms with E-state index in [9.17, 15) is 4.79 Å². The molecule has 0 saturated heterocycles. The highest BCUT2D eigenvalue weighted by Gasteiger charge is 2.35. The van der Waals surface area contributed by atoms with Gasteiger partial charge in [0.25, 0.3) is 0 Å². The fourth-order valence-electron chi connectivity index (χ4n) is 3.12. The van der Waals surface area contributed by atoms with Crippen LogP contribution >= 0.6 is 0 Å². The van der Waals surface area contributed by atoms with E-state index in [1.54, 1.807) is 0 Å². The van der Waals surface area contributed by atoms with Crippen molar-refractivity contribution in [2.45, 2.75) is 63.8 Å². The fraction of sp³-hybridized carbons (Fsp3) is 0.933. The maximum atomic E-state index is 12.2. The summed E-state index contributed by atoms with van der Waals surface area (Å²) in [6, 6.07) is 0.290. The van der Waals surface area contributed by atoms with E-state index in [0.29, 0.717) is 11.8 Å². The first-order valence-corrected chi connectivity index (χ1v) is 7.59. The Morgan fingerprint density at radius 1 is 0.882 bits per heavy atom. The third kappa shape index (κ3) is 3.31. The summed E-state index contributed by atoms with van der Waals surface area (Å²) in [5.41, 5.74) is 0. The van der Waals surface area contributed by atoms with Gasteiger partial charge in [0.2, 0.25) is 0 Å². The van der Waals surface area contributed by atoms with Crippen LogP contribution in [0.2, 0.25) is 0 Å². The van der Waals surface area contributed by atoms with E-state index >= 15 is 0 Å².